The van der Waals surface area contributed by atoms with Gasteiger partial charge in [-0.15, -0.1) is 0 Å². The van der Waals surface area contributed by atoms with Crippen LogP contribution in [-0.2, 0) is 19.0 Å². The molecule has 29 heavy (non-hydrogen) atoms. The van der Waals surface area contributed by atoms with Gasteiger partial charge in [0.25, 0.3) is 0 Å². The first-order valence-corrected chi connectivity index (χ1v) is 7.51. The molecule has 0 aliphatic heterocycles. The molecular weight excluding hydrogens is 434 g/mol. The molecule has 170 valence electrons. The molecule has 0 aromatic carbocycles. The van der Waals surface area contributed by atoms with Crippen molar-refractivity contribution in [3.8, 4) is 0 Å². The number of carbonyl (C=O) groups is 1. The average molecular weight is 450 g/mol. The average Bonchev–Trinajstić information content (AvgIpc) is 2.49. The first kappa shape index (κ1) is 27.0. The minimum atomic E-state index is -5.99. The predicted octanol–water partition coefficient (Wildman–Crippen LogP) is 5.15. The lowest BCUT2D eigenvalue weighted by Gasteiger charge is -2.34. The van der Waals surface area contributed by atoms with E-state index in [1.807, 2.05) is 0 Å². The number of carbonyl (C=O) groups excluding carboxylic acids is 1. The van der Waals surface area contributed by atoms with Crippen molar-refractivity contribution < 1.29 is 62.9 Å². The molecule has 0 fully saturated rings. The lowest BCUT2D eigenvalue weighted by molar-refractivity contribution is -0.360. The van der Waals surface area contributed by atoms with Crippen molar-refractivity contribution in [3.05, 3.63) is 24.5 Å². The van der Waals surface area contributed by atoms with Crippen LogP contribution in [0.3, 0.4) is 0 Å². The smallest absolute Gasteiger partial charge is 0.461 e. The Balaban J connectivity index is 5.95. The standard InChI is InChI=1S/C15H16F10O4/c1-5-27-10(26)13(15(23,24)25,29-9(3)8(2)14(20,21)22)28-7-6-12(18,19)11(4,16)17/h2-3,5-7H2,1,4H3. The van der Waals surface area contributed by atoms with Gasteiger partial charge in [0.15, 0.2) is 0 Å². The molecule has 0 aliphatic carbocycles. The zero-order chi connectivity index (χ0) is 23.5. The summed E-state index contributed by atoms with van der Waals surface area (Å²) in [6.07, 6.45) is -13.4. The summed E-state index contributed by atoms with van der Waals surface area (Å²) >= 11 is 0. The van der Waals surface area contributed by atoms with Crippen molar-refractivity contribution in [2.75, 3.05) is 13.2 Å². The Kier molecular flexibility index (Phi) is 8.19. The highest BCUT2D eigenvalue weighted by atomic mass is 19.4. The van der Waals surface area contributed by atoms with Crippen LogP contribution in [0.2, 0.25) is 0 Å². The fourth-order valence-corrected chi connectivity index (χ4v) is 1.55. The molecule has 0 amide bonds. The van der Waals surface area contributed by atoms with E-state index in [1.165, 1.54) is 0 Å². The Morgan fingerprint density at radius 2 is 1.41 bits per heavy atom. The second-order valence-electron chi connectivity index (χ2n) is 5.53. The summed E-state index contributed by atoms with van der Waals surface area (Å²) in [6.45, 7) is 3.13. The van der Waals surface area contributed by atoms with Crippen molar-refractivity contribution in [1.29, 1.82) is 0 Å². The van der Waals surface area contributed by atoms with Gasteiger partial charge in [0.2, 0.25) is 0 Å². The maximum atomic E-state index is 13.5. The summed E-state index contributed by atoms with van der Waals surface area (Å²) in [7, 11) is 0. The fourth-order valence-electron chi connectivity index (χ4n) is 1.55. The Morgan fingerprint density at radius 3 is 1.76 bits per heavy atom. The van der Waals surface area contributed by atoms with Crippen LogP contribution in [-0.4, -0.2) is 49.2 Å². The topological polar surface area (TPSA) is 44.8 Å². The largest absolute Gasteiger partial charge is 0.468 e. The first-order chi connectivity index (χ1) is 12.7. The third-order valence-corrected chi connectivity index (χ3v) is 3.23. The quantitative estimate of drug-likeness (QED) is 0.152. The molecule has 0 aromatic rings. The third-order valence-electron chi connectivity index (χ3n) is 3.23. The van der Waals surface area contributed by atoms with Crippen LogP contribution in [0.15, 0.2) is 24.5 Å². The van der Waals surface area contributed by atoms with Crippen molar-refractivity contribution in [1.82, 2.24) is 0 Å². The van der Waals surface area contributed by atoms with Crippen LogP contribution in [0.4, 0.5) is 43.9 Å². The Labute approximate surface area is 158 Å². The summed E-state index contributed by atoms with van der Waals surface area (Å²) in [6, 6.07) is 0. The molecular formula is C15H16F10O4. The lowest BCUT2D eigenvalue weighted by Crippen LogP contribution is -2.57. The van der Waals surface area contributed by atoms with Crippen molar-refractivity contribution in [2.24, 2.45) is 0 Å². The summed E-state index contributed by atoms with van der Waals surface area (Å²) in [5.41, 5.74) is -2.05. The third kappa shape index (κ3) is 6.51. The number of halogens is 10. The molecule has 0 aromatic heterocycles. The summed E-state index contributed by atoms with van der Waals surface area (Å²) in [4.78, 5) is 11.8. The predicted molar refractivity (Wildman–Crippen MR) is 77.0 cm³/mol. The number of ether oxygens (including phenoxy) is 3. The molecule has 0 N–H and O–H groups in total. The van der Waals surface area contributed by atoms with Crippen LogP contribution in [0.1, 0.15) is 20.3 Å². The van der Waals surface area contributed by atoms with Crippen LogP contribution in [0.5, 0.6) is 0 Å². The summed E-state index contributed by atoms with van der Waals surface area (Å²) in [5, 5.41) is 0. The highest BCUT2D eigenvalue weighted by Gasteiger charge is 2.68. The minimum absolute atomic E-state index is 0.221. The second-order valence-corrected chi connectivity index (χ2v) is 5.53. The first-order valence-electron chi connectivity index (χ1n) is 7.51. The number of esters is 1. The number of hydrogen-bond donors (Lipinski definition) is 0. The van der Waals surface area contributed by atoms with Crippen molar-refractivity contribution in [2.45, 2.75) is 50.3 Å². The molecule has 0 saturated carbocycles. The molecule has 14 heteroatoms. The Bertz CT molecular complexity index is 618. The Morgan fingerprint density at radius 1 is 0.931 bits per heavy atom. The van der Waals surface area contributed by atoms with Gasteiger partial charge in [-0.2, -0.15) is 35.1 Å². The van der Waals surface area contributed by atoms with Gasteiger partial charge in [0.1, 0.15) is 5.76 Å². The molecule has 1 unspecified atom stereocenters. The zero-order valence-corrected chi connectivity index (χ0v) is 14.9. The monoisotopic (exact) mass is 450 g/mol. The Hall–Kier alpha value is -1.99. The van der Waals surface area contributed by atoms with E-state index in [9.17, 15) is 48.7 Å². The van der Waals surface area contributed by atoms with E-state index < -0.39 is 66.9 Å². The van der Waals surface area contributed by atoms with E-state index in [4.69, 9.17) is 0 Å². The molecule has 0 radical (unpaired) electrons. The fraction of sp³-hybridized carbons (Fsp3) is 0.667. The van der Waals surface area contributed by atoms with Crippen LogP contribution >= 0.6 is 0 Å². The van der Waals surface area contributed by atoms with Gasteiger partial charge in [-0.3, -0.25) is 0 Å². The number of hydrogen-bond acceptors (Lipinski definition) is 4. The van der Waals surface area contributed by atoms with E-state index in [1.54, 1.807) is 0 Å². The van der Waals surface area contributed by atoms with E-state index >= 15 is 0 Å². The van der Waals surface area contributed by atoms with Crippen LogP contribution < -0.4 is 0 Å². The van der Waals surface area contributed by atoms with Crippen LogP contribution in [0.25, 0.3) is 0 Å². The SMILES string of the molecule is C=C(OC(OCCC(F)(F)C(C)(F)F)(C(=O)OCC)C(F)(F)F)C(=C)C(F)(F)F. The zero-order valence-electron chi connectivity index (χ0n) is 14.9. The number of rotatable bonds is 10. The lowest BCUT2D eigenvalue weighted by atomic mass is 10.1. The normalized spacial score (nSPS) is 15.4. The van der Waals surface area contributed by atoms with E-state index in [0.717, 1.165) is 6.92 Å². The van der Waals surface area contributed by atoms with E-state index in [-0.39, 0.29) is 6.92 Å². The molecule has 1 atom stereocenters. The van der Waals surface area contributed by atoms with Crippen LogP contribution in [0, 0.1) is 0 Å². The van der Waals surface area contributed by atoms with E-state index in [0.29, 0.717) is 0 Å². The molecule has 0 saturated heterocycles. The van der Waals surface area contributed by atoms with Gasteiger partial charge < -0.3 is 14.2 Å². The van der Waals surface area contributed by atoms with Gasteiger partial charge in [0, 0.05) is 13.3 Å². The minimum Gasteiger partial charge on any atom is -0.461 e. The maximum absolute atomic E-state index is 13.5. The van der Waals surface area contributed by atoms with Gasteiger partial charge in [-0.1, -0.05) is 13.2 Å². The second kappa shape index (κ2) is 8.79. The molecule has 4 nitrogen and oxygen atoms in total. The molecule has 0 heterocycles. The molecule has 0 spiro atoms. The maximum Gasteiger partial charge on any atom is 0.468 e. The van der Waals surface area contributed by atoms with Crippen molar-refractivity contribution in [3.63, 3.8) is 0 Å². The number of alkyl halides is 10. The highest BCUT2D eigenvalue weighted by Crippen LogP contribution is 2.42. The van der Waals surface area contributed by atoms with Crippen molar-refractivity contribution >= 4 is 5.97 Å². The molecule has 0 bridgehead atoms. The molecule has 0 aliphatic rings. The van der Waals surface area contributed by atoms with Gasteiger partial charge in [-0.05, 0) is 6.92 Å². The van der Waals surface area contributed by atoms with Gasteiger partial charge in [-0.25, -0.2) is 13.6 Å². The summed E-state index contributed by atoms with van der Waals surface area (Å²) < 4.78 is 142. The van der Waals surface area contributed by atoms with E-state index in [2.05, 4.69) is 27.4 Å². The summed E-state index contributed by atoms with van der Waals surface area (Å²) in [5.74, 6) is -18.5. The highest BCUT2D eigenvalue weighted by molar-refractivity contribution is 5.79. The number of allylic oxidation sites excluding steroid dienone is 1. The molecule has 0 rings (SSSR count). The van der Waals surface area contributed by atoms with Gasteiger partial charge in [0.05, 0.1) is 18.8 Å². The van der Waals surface area contributed by atoms with Gasteiger partial charge >= 0.3 is 36.0 Å².